The van der Waals surface area contributed by atoms with E-state index in [2.05, 4.69) is 5.10 Å². The van der Waals surface area contributed by atoms with E-state index >= 15 is 0 Å². The highest BCUT2D eigenvalue weighted by Gasteiger charge is 2.41. The second-order valence-corrected chi connectivity index (χ2v) is 5.80. The lowest BCUT2D eigenvalue weighted by Gasteiger charge is -2.27. The van der Waals surface area contributed by atoms with Crippen molar-refractivity contribution in [2.75, 3.05) is 6.61 Å². The molecule has 1 aliphatic carbocycles. The monoisotopic (exact) mass is 298 g/mol. The molecule has 1 heterocycles. The number of ether oxygens (including phenoxy) is 1. The molecule has 0 unspecified atom stereocenters. The summed E-state index contributed by atoms with van der Waals surface area (Å²) in [7, 11) is 1.84. The quantitative estimate of drug-likeness (QED) is 0.810. The minimum Gasteiger partial charge on any atom is -0.367 e. The minimum atomic E-state index is -0.589. The molecule has 1 saturated carbocycles. The molecule has 1 aromatic heterocycles. The Morgan fingerprint density at radius 1 is 1.40 bits per heavy atom. The van der Waals surface area contributed by atoms with E-state index in [4.69, 9.17) is 16.3 Å². The van der Waals surface area contributed by atoms with E-state index in [1.165, 1.54) is 0 Å². The van der Waals surface area contributed by atoms with Crippen LogP contribution in [0.25, 0.3) is 0 Å². The average Bonchev–Trinajstić information content (AvgIpc) is 3.00. The van der Waals surface area contributed by atoms with E-state index in [0.29, 0.717) is 18.1 Å². The maximum absolute atomic E-state index is 12.7. The predicted molar refractivity (Wildman–Crippen MR) is 79.1 cm³/mol. The van der Waals surface area contributed by atoms with Crippen LogP contribution in [0.3, 0.4) is 0 Å². The van der Waals surface area contributed by atoms with Gasteiger partial charge in [-0.05, 0) is 39.0 Å². The molecule has 1 aliphatic rings. The van der Waals surface area contributed by atoms with Crippen LogP contribution < -0.4 is 0 Å². The van der Waals surface area contributed by atoms with E-state index < -0.39 is 5.60 Å². The van der Waals surface area contributed by atoms with Crippen molar-refractivity contribution in [2.24, 2.45) is 7.05 Å². The lowest BCUT2D eigenvalue weighted by Crippen LogP contribution is -2.40. The molecule has 0 amide bonds. The largest absolute Gasteiger partial charge is 0.367 e. The van der Waals surface area contributed by atoms with E-state index in [-0.39, 0.29) is 5.78 Å². The van der Waals surface area contributed by atoms with Gasteiger partial charge in [-0.3, -0.25) is 9.48 Å². The predicted octanol–water partition coefficient (Wildman–Crippen LogP) is 3.10. The molecule has 0 aromatic carbocycles. The smallest absolute Gasteiger partial charge is 0.170 e. The minimum absolute atomic E-state index is 0.143. The summed E-state index contributed by atoms with van der Waals surface area (Å²) in [6.07, 6.45) is 4.86. The third kappa shape index (κ3) is 2.77. The number of halogens is 1. The van der Waals surface area contributed by atoms with Gasteiger partial charge in [0.1, 0.15) is 5.60 Å². The van der Waals surface area contributed by atoms with Crippen LogP contribution in [0.5, 0.6) is 0 Å². The number of hydrogen-bond donors (Lipinski definition) is 0. The third-order valence-corrected chi connectivity index (χ3v) is 4.61. The number of ketones is 1. The Kier molecular flexibility index (Phi) is 4.86. The van der Waals surface area contributed by atoms with E-state index in [1.54, 1.807) is 4.68 Å². The van der Waals surface area contributed by atoms with Crippen molar-refractivity contribution in [2.45, 2.75) is 58.0 Å². The summed E-state index contributed by atoms with van der Waals surface area (Å²) < 4.78 is 7.54. The van der Waals surface area contributed by atoms with Crippen LogP contribution in [-0.4, -0.2) is 27.8 Å². The SMILES string of the molecule is CCOC1(C(=O)Cc2c(Cl)c(CC)nn2C)CCCC1. The Bertz CT molecular complexity index is 490. The second kappa shape index (κ2) is 6.27. The summed E-state index contributed by atoms with van der Waals surface area (Å²) in [5, 5.41) is 5.00. The topological polar surface area (TPSA) is 44.1 Å². The molecule has 1 fully saturated rings. The van der Waals surface area contributed by atoms with Gasteiger partial charge >= 0.3 is 0 Å². The number of Topliss-reactive ketones (excluding diaryl/α,β-unsaturated/α-hetero) is 1. The summed E-state index contributed by atoms with van der Waals surface area (Å²) in [6.45, 7) is 4.53. The van der Waals surface area contributed by atoms with E-state index in [0.717, 1.165) is 43.5 Å². The van der Waals surface area contributed by atoms with Crippen LogP contribution >= 0.6 is 11.6 Å². The summed E-state index contributed by atoms with van der Waals surface area (Å²) in [4.78, 5) is 12.7. The first kappa shape index (κ1) is 15.5. The van der Waals surface area contributed by atoms with Crippen LogP contribution in [0.2, 0.25) is 5.02 Å². The molecule has 5 heteroatoms. The Morgan fingerprint density at radius 2 is 2.05 bits per heavy atom. The van der Waals surface area contributed by atoms with Gasteiger partial charge < -0.3 is 4.74 Å². The fourth-order valence-corrected chi connectivity index (χ4v) is 3.41. The number of nitrogens with zero attached hydrogens (tertiary/aromatic N) is 2. The first-order chi connectivity index (χ1) is 9.54. The number of aromatic nitrogens is 2. The summed E-state index contributed by atoms with van der Waals surface area (Å²) in [5.41, 5.74) is 1.07. The van der Waals surface area contributed by atoms with Crippen LogP contribution in [0.15, 0.2) is 0 Å². The number of aryl methyl sites for hydroxylation is 2. The normalized spacial score (nSPS) is 17.6. The van der Waals surface area contributed by atoms with Gasteiger partial charge in [-0.2, -0.15) is 5.10 Å². The van der Waals surface area contributed by atoms with Crippen LogP contribution in [0.4, 0.5) is 0 Å². The molecule has 1 aromatic rings. The van der Waals surface area contributed by atoms with Crippen LogP contribution in [0, 0.1) is 0 Å². The molecule has 4 nitrogen and oxygen atoms in total. The van der Waals surface area contributed by atoms with Crippen molar-refractivity contribution >= 4 is 17.4 Å². The third-order valence-electron chi connectivity index (χ3n) is 4.17. The van der Waals surface area contributed by atoms with Gasteiger partial charge in [-0.1, -0.05) is 18.5 Å². The summed E-state index contributed by atoms with van der Waals surface area (Å²) in [6, 6.07) is 0. The second-order valence-electron chi connectivity index (χ2n) is 5.42. The van der Waals surface area contributed by atoms with Gasteiger partial charge in [0.2, 0.25) is 0 Å². The molecule has 0 spiro atoms. The van der Waals surface area contributed by atoms with Gasteiger partial charge in [-0.25, -0.2) is 0 Å². The van der Waals surface area contributed by atoms with Crippen molar-refractivity contribution in [1.82, 2.24) is 9.78 Å². The number of hydrogen-bond acceptors (Lipinski definition) is 3. The molecular weight excluding hydrogens is 276 g/mol. The van der Waals surface area contributed by atoms with Gasteiger partial charge in [0.15, 0.2) is 5.78 Å². The standard InChI is InChI=1S/C15H23ClN2O2/c1-4-11-14(16)12(18(3)17-11)10-13(19)15(20-5-2)8-6-7-9-15/h4-10H2,1-3H3. The highest BCUT2D eigenvalue weighted by atomic mass is 35.5. The highest BCUT2D eigenvalue weighted by molar-refractivity contribution is 6.32. The lowest BCUT2D eigenvalue weighted by atomic mass is 9.92. The fourth-order valence-electron chi connectivity index (χ4n) is 3.05. The van der Waals surface area contributed by atoms with Gasteiger partial charge in [0.25, 0.3) is 0 Å². The highest BCUT2D eigenvalue weighted by Crippen LogP contribution is 2.35. The first-order valence-electron chi connectivity index (χ1n) is 7.41. The Morgan fingerprint density at radius 3 is 2.55 bits per heavy atom. The molecule has 0 N–H and O–H groups in total. The number of carbonyl (C=O) groups is 1. The Labute approximate surface area is 125 Å². The van der Waals surface area contributed by atoms with Crippen LogP contribution in [0.1, 0.15) is 50.9 Å². The van der Waals surface area contributed by atoms with Crippen LogP contribution in [-0.2, 0) is 29.4 Å². The number of rotatable bonds is 6. The molecule has 20 heavy (non-hydrogen) atoms. The van der Waals surface area contributed by atoms with Crippen molar-refractivity contribution in [1.29, 1.82) is 0 Å². The molecule has 0 radical (unpaired) electrons. The molecule has 0 saturated heterocycles. The summed E-state index contributed by atoms with van der Waals surface area (Å²) >= 11 is 6.33. The van der Waals surface area contributed by atoms with Gasteiger partial charge in [0, 0.05) is 13.7 Å². The molecule has 112 valence electrons. The zero-order valence-corrected chi connectivity index (χ0v) is 13.3. The zero-order valence-electron chi connectivity index (χ0n) is 12.5. The van der Waals surface area contributed by atoms with Crippen molar-refractivity contribution in [3.63, 3.8) is 0 Å². The number of carbonyl (C=O) groups excluding carboxylic acids is 1. The molecule has 2 rings (SSSR count). The summed E-state index contributed by atoms with van der Waals surface area (Å²) in [5.74, 6) is 0.143. The zero-order chi connectivity index (χ0) is 14.8. The van der Waals surface area contributed by atoms with Crippen molar-refractivity contribution in [3.8, 4) is 0 Å². The van der Waals surface area contributed by atoms with Crippen molar-refractivity contribution < 1.29 is 9.53 Å². The van der Waals surface area contributed by atoms with E-state index in [1.807, 2.05) is 20.9 Å². The maximum atomic E-state index is 12.7. The average molecular weight is 299 g/mol. The fraction of sp³-hybridized carbons (Fsp3) is 0.733. The Hall–Kier alpha value is -0.870. The van der Waals surface area contributed by atoms with E-state index in [9.17, 15) is 4.79 Å². The van der Waals surface area contributed by atoms with Gasteiger partial charge in [-0.15, -0.1) is 0 Å². The lowest BCUT2D eigenvalue weighted by molar-refractivity contribution is -0.142. The first-order valence-corrected chi connectivity index (χ1v) is 7.79. The van der Waals surface area contributed by atoms with Gasteiger partial charge in [0.05, 0.1) is 22.8 Å². The molecule has 0 atom stereocenters. The maximum Gasteiger partial charge on any atom is 0.170 e. The Balaban J connectivity index is 2.20. The molecule has 0 aliphatic heterocycles. The molecular formula is C15H23ClN2O2. The molecule has 0 bridgehead atoms. The van der Waals surface area contributed by atoms with Crippen molar-refractivity contribution in [3.05, 3.63) is 16.4 Å².